The molecule has 0 bridgehead atoms. The first-order valence-corrected chi connectivity index (χ1v) is 4.88. The number of pyridine rings is 1. The Labute approximate surface area is 95.1 Å². The second-order valence-electron chi connectivity index (χ2n) is 3.47. The van der Waals surface area contributed by atoms with Crippen molar-refractivity contribution in [2.75, 3.05) is 0 Å². The van der Waals surface area contributed by atoms with Crippen LogP contribution in [0.4, 0.5) is 0 Å². The van der Waals surface area contributed by atoms with Gasteiger partial charge in [0, 0.05) is 18.5 Å². The average Bonchev–Trinajstić information content (AvgIpc) is 2.95. The molecule has 17 heavy (non-hydrogen) atoms. The van der Waals surface area contributed by atoms with Gasteiger partial charge in [0.2, 0.25) is 5.76 Å². The van der Waals surface area contributed by atoms with Crippen LogP contribution >= 0.6 is 0 Å². The summed E-state index contributed by atoms with van der Waals surface area (Å²) in [6.07, 6.45) is 3.61. The molecule has 0 saturated carbocycles. The number of hydrogen-bond acceptors (Lipinski definition) is 4. The van der Waals surface area contributed by atoms with Crippen molar-refractivity contribution in [1.29, 1.82) is 0 Å². The van der Waals surface area contributed by atoms with Gasteiger partial charge in [-0.05, 0) is 12.1 Å². The molecule has 6 heteroatoms. The molecule has 0 aliphatic carbocycles. The Morgan fingerprint density at radius 3 is 2.94 bits per heavy atom. The molecule has 3 heterocycles. The van der Waals surface area contributed by atoms with Crippen LogP contribution in [0, 0.1) is 0 Å². The molecule has 0 atom stereocenters. The van der Waals surface area contributed by atoms with E-state index in [1.54, 1.807) is 6.20 Å². The molecule has 0 saturated heterocycles. The Kier molecular flexibility index (Phi) is 1.94. The second-order valence-corrected chi connectivity index (χ2v) is 3.47. The fourth-order valence-corrected chi connectivity index (χ4v) is 1.55. The minimum Gasteiger partial charge on any atom is -0.475 e. The zero-order valence-corrected chi connectivity index (χ0v) is 8.57. The second kappa shape index (κ2) is 3.44. The van der Waals surface area contributed by atoms with Crippen molar-refractivity contribution in [3.05, 3.63) is 42.4 Å². The van der Waals surface area contributed by atoms with Crippen LogP contribution in [0.15, 0.2) is 41.2 Å². The third-order valence-electron chi connectivity index (χ3n) is 2.35. The van der Waals surface area contributed by atoms with E-state index < -0.39 is 5.97 Å². The lowest BCUT2D eigenvalue weighted by Crippen LogP contribution is -1.91. The van der Waals surface area contributed by atoms with E-state index in [0.717, 1.165) is 5.65 Å². The lowest BCUT2D eigenvalue weighted by molar-refractivity contribution is 0.0652. The van der Waals surface area contributed by atoms with Gasteiger partial charge in [0.05, 0.1) is 0 Å². The highest BCUT2D eigenvalue weighted by Gasteiger charge is 2.14. The van der Waals surface area contributed by atoms with Gasteiger partial charge in [-0.25, -0.2) is 9.78 Å². The maximum atomic E-state index is 10.7. The molecular formula is C11H7N3O3. The van der Waals surface area contributed by atoms with Crippen molar-refractivity contribution >= 4 is 11.6 Å². The van der Waals surface area contributed by atoms with Crippen LogP contribution in [0.5, 0.6) is 0 Å². The maximum absolute atomic E-state index is 10.7. The van der Waals surface area contributed by atoms with Crippen LogP contribution in [0.25, 0.3) is 17.0 Å². The van der Waals surface area contributed by atoms with Crippen LogP contribution in [-0.2, 0) is 0 Å². The zero-order chi connectivity index (χ0) is 11.8. The number of carboxylic acid groups (broad SMARTS) is 1. The minimum atomic E-state index is -1.15. The Morgan fingerprint density at radius 2 is 2.24 bits per heavy atom. The van der Waals surface area contributed by atoms with Crippen LogP contribution in [0.1, 0.15) is 10.6 Å². The zero-order valence-electron chi connectivity index (χ0n) is 8.57. The number of nitrogens with zero attached hydrogens (tertiary/aromatic N) is 3. The smallest absolute Gasteiger partial charge is 0.374 e. The highest BCUT2D eigenvalue weighted by atomic mass is 16.5. The number of fused-ring (bicyclic) bond motifs is 1. The first-order chi connectivity index (χ1) is 8.24. The first kappa shape index (κ1) is 9.59. The lowest BCUT2D eigenvalue weighted by atomic mass is 10.3. The number of imidazole rings is 1. The Hall–Kier alpha value is -2.63. The van der Waals surface area contributed by atoms with Crippen molar-refractivity contribution in [3.8, 4) is 11.4 Å². The van der Waals surface area contributed by atoms with Crippen molar-refractivity contribution in [2.45, 2.75) is 0 Å². The van der Waals surface area contributed by atoms with Gasteiger partial charge in [-0.3, -0.25) is 0 Å². The summed E-state index contributed by atoms with van der Waals surface area (Å²) in [5, 5.41) is 12.4. The molecule has 0 aliphatic rings. The van der Waals surface area contributed by atoms with E-state index in [1.807, 2.05) is 28.8 Å². The van der Waals surface area contributed by atoms with Crippen molar-refractivity contribution in [2.24, 2.45) is 0 Å². The van der Waals surface area contributed by atoms with E-state index in [9.17, 15) is 4.79 Å². The van der Waals surface area contributed by atoms with Crippen LogP contribution in [-0.4, -0.2) is 25.6 Å². The number of carboxylic acids is 1. The third-order valence-corrected chi connectivity index (χ3v) is 2.35. The van der Waals surface area contributed by atoms with E-state index >= 15 is 0 Å². The first-order valence-electron chi connectivity index (χ1n) is 4.88. The van der Waals surface area contributed by atoms with Gasteiger partial charge in [-0.2, -0.15) is 0 Å². The number of hydrogen-bond donors (Lipinski definition) is 1. The molecule has 0 amide bonds. The topological polar surface area (TPSA) is 80.6 Å². The number of rotatable bonds is 2. The fraction of sp³-hybridized carbons (Fsp3) is 0. The monoisotopic (exact) mass is 229 g/mol. The van der Waals surface area contributed by atoms with Crippen LogP contribution in [0.2, 0.25) is 0 Å². The number of carbonyl (C=O) groups is 1. The van der Waals surface area contributed by atoms with E-state index in [1.165, 1.54) is 6.07 Å². The van der Waals surface area contributed by atoms with Gasteiger partial charge in [0.1, 0.15) is 17.0 Å². The summed E-state index contributed by atoms with van der Waals surface area (Å²) < 4.78 is 6.50. The molecule has 6 nitrogen and oxygen atoms in total. The molecule has 1 N–H and O–H groups in total. The molecule has 3 aromatic rings. The largest absolute Gasteiger partial charge is 0.475 e. The Morgan fingerprint density at radius 1 is 1.35 bits per heavy atom. The summed E-state index contributed by atoms with van der Waals surface area (Å²) in [7, 11) is 0. The summed E-state index contributed by atoms with van der Waals surface area (Å²) in [5.74, 6) is -1.34. The normalized spacial score (nSPS) is 10.8. The standard InChI is InChI=1S/C11H7N3O3/c15-11(16)9-5-7(13-17-9)8-6-14-4-2-1-3-10(14)12-8/h1-6H,(H,15,16). The molecule has 0 aromatic carbocycles. The molecule has 0 unspecified atom stereocenters. The summed E-state index contributed by atoms with van der Waals surface area (Å²) in [5.41, 5.74) is 1.75. The van der Waals surface area contributed by atoms with Gasteiger partial charge < -0.3 is 14.0 Å². The summed E-state index contributed by atoms with van der Waals surface area (Å²) >= 11 is 0. The van der Waals surface area contributed by atoms with E-state index in [2.05, 4.69) is 14.7 Å². The Balaban J connectivity index is 2.10. The molecule has 0 fully saturated rings. The van der Waals surface area contributed by atoms with E-state index in [4.69, 9.17) is 5.11 Å². The van der Waals surface area contributed by atoms with Gasteiger partial charge in [0.15, 0.2) is 0 Å². The molecule has 0 radical (unpaired) electrons. The molecule has 3 aromatic heterocycles. The molecular weight excluding hydrogens is 222 g/mol. The predicted octanol–water partition coefficient (Wildman–Crippen LogP) is 1.69. The highest BCUT2D eigenvalue weighted by molar-refractivity contribution is 5.85. The third kappa shape index (κ3) is 1.55. The van der Waals surface area contributed by atoms with Gasteiger partial charge >= 0.3 is 5.97 Å². The fourth-order valence-electron chi connectivity index (χ4n) is 1.55. The summed E-state index contributed by atoms with van der Waals surface area (Å²) in [4.78, 5) is 15.0. The van der Waals surface area contributed by atoms with Crippen molar-refractivity contribution in [1.82, 2.24) is 14.5 Å². The van der Waals surface area contributed by atoms with Gasteiger partial charge in [-0.1, -0.05) is 11.2 Å². The van der Waals surface area contributed by atoms with Crippen molar-refractivity contribution < 1.29 is 14.4 Å². The van der Waals surface area contributed by atoms with Crippen LogP contribution in [0.3, 0.4) is 0 Å². The van der Waals surface area contributed by atoms with Crippen LogP contribution < -0.4 is 0 Å². The average molecular weight is 229 g/mol. The van der Waals surface area contributed by atoms with E-state index in [0.29, 0.717) is 11.4 Å². The van der Waals surface area contributed by atoms with Gasteiger partial charge in [0.25, 0.3) is 0 Å². The molecule has 0 aliphatic heterocycles. The quantitative estimate of drug-likeness (QED) is 0.723. The van der Waals surface area contributed by atoms with E-state index in [-0.39, 0.29) is 5.76 Å². The number of aromatic nitrogens is 3. The molecule has 3 rings (SSSR count). The summed E-state index contributed by atoms with van der Waals surface area (Å²) in [6.45, 7) is 0. The Bertz CT molecular complexity index is 666. The van der Waals surface area contributed by atoms with Gasteiger partial charge in [-0.15, -0.1) is 0 Å². The van der Waals surface area contributed by atoms with Crippen molar-refractivity contribution in [3.63, 3.8) is 0 Å². The SMILES string of the molecule is O=C(O)c1cc(-c2cn3ccccc3n2)no1. The predicted molar refractivity (Wildman–Crippen MR) is 57.6 cm³/mol. The number of aromatic carboxylic acids is 1. The molecule has 84 valence electrons. The highest BCUT2D eigenvalue weighted by Crippen LogP contribution is 2.18. The lowest BCUT2D eigenvalue weighted by Gasteiger charge is -1.86. The minimum absolute atomic E-state index is 0.197. The maximum Gasteiger partial charge on any atom is 0.374 e. The molecule has 0 spiro atoms. The summed E-state index contributed by atoms with van der Waals surface area (Å²) in [6, 6.07) is 6.95.